The minimum atomic E-state index is -0.678. The van der Waals surface area contributed by atoms with Crippen LogP contribution in [0.5, 0.6) is 0 Å². The maximum atomic E-state index is 14.8. The standard InChI is InChI=1S/C26H34F2/c1-3-5-7-9-19-11-13-20(14-12-19)21-15-16-22-17-23(10-8-6-4-2)25(27)26(28)24(22)18-21/h4,6,15-20H,3,5,7-14H2,1-2H3/b6-4+. The number of allylic oxidation sites excluding steroid dienone is 2. The molecule has 1 aliphatic rings. The Labute approximate surface area is 169 Å². The fraction of sp³-hybridized carbons (Fsp3) is 0.538. The van der Waals surface area contributed by atoms with E-state index in [2.05, 4.69) is 13.0 Å². The molecule has 0 amide bonds. The first kappa shape index (κ1) is 21.0. The number of halogens is 2. The molecule has 1 aliphatic carbocycles. The lowest BCUT2D eigenvalue weighted by Gasteiger charge is -2.29. The Morgan fingerprint density at radius 3 is 2.50 bits per heavy atom. The second-order valence-corrected chi connectivity index (χ2v) is 8.47. The summed E-state index contributed by atoms with van der Waals surface area (Å²) in [5.74, 6) is -0.00214. The van der Waals surface area contributed by atoms with Crippen LogP contribution >= 0.6 is 0 Å². The molecule has 28 heavy (non-hydrogen) atoms. The predicted octanol–water partition coefficient (Wildman–Crippen LogP) is 8.48. The zero-order valence-electron chi connectivity index (χ0n) is 17.4. The first-order valence-electron chi connectivity index (χ1n) is 11.2. The second kappa shape index (κ2) is 10.2. The summed E-state index contributed by atoms with van der Waals surface area (Å²) in [7, 11) is 0. The van der Waals surface area contributed by atoms with E-state index in [0.29, 0.717) is 23.3 Å². The summed E-state index contributed by atoms with van der Waals surface area (Å²) < 4.78 is 29.3. The molecule has 0 heterocycles. The molecule has 0 bridgehead atoms. The molecule has 0 radical (unpaired) electrons. The Bertz CT molecular complexity index is 798. The molecule has 152 valence electrons. The summed E-state index contributed by atoms with van der Waals surface area (Å²) in [6, 6.07) is 7.86. The van der Waals surface area contributed by atoms with Crippen LogP contribution in [0.4, 0.5) is 8.78 Å². The van der Waals surface area contributed by atoms with Crippen molar-refractivity contribution in [1.82, 2.24) is 0 Å². The van der Waals surface area contributed by atoms with Gasteiger partial charge in [0.1, 0.15) is 0 Å². The highest BCUT2D eigenvalue weighted by Gasteiger charge is 2.23. The molecule has 0 aromatic heterocycles. The summed E-state index contributed by atoms with van der Waals surface area (Å²) in [6.45, 7) is 4.20. The lowest BCUT2D eigenvalue weighted by molar-refractivity contribution is 0.303. The predicted molar refractivity (Wildman–Crippen MR) is 116 cm³/mol. The van der Waals surface area contributed by atoms with Crippen LogP contribution in [0.25, 0.3) is 10.8 Å². The molecule has 0 aliphatic heterocycles. The largest absolute Gasteiger partial charge is 0.203 e. The topological polar surface area (TPSA) is 0 Å². The van der Waals surface area contributed by atoms with Gasteiger partial charge in [-0.3, -0.25) is 0 Å². The van der Waals surface area contributed by atoms with Gasteiger partial charge in [-0.05, 0) is 85.9 Å². The molecule has 3 rings (SSSR count). The Morgan fingerprint density at radius 1 is 1.00 bits per heavy atom. The van der Waals surface area contributed by atoms with E-state index >= 15 is 0 Å². The molecule has 1 saturated carbocycles. The van der Waals surface area contributed by atoms with Crippen molar-refractivity contribution < 1.29 is 8.78 Å². The third kappa shape index (κ3) is 5.01. The lowest BCUT2D eigenvalue weighted by atomic mass is 9.76. The maximum Gasteiger partial charge on any atom is 0.166 e. The summed E-state index contributed by atoms with van der Waals surface area (Å²) in [5.41, 5.74) is 1.66. The fourth-order valence-corrected chi connectivity index (χ4v) is 4.71. The van der Waals surface area contributed by atoms with Crippen LogP contribution in [0.15, 0.2) is 36.4 Å². The van der Waals surface area contributed by atoms with Crippen molar-refractivity contribution in [2.75, 3.05) is 0 Å². The highest BCUT2D eigenvalue weighted by Crippen LogP contribution is 2.39. The van der Waals surface area contributed by atoms with E-state index in [1.54, 1.807) is 0 Å². The molecule has 2 heteroatoms. The number of aryl methyl sites for hydroxylation is 1. The van der Waals surface area contributed by atoms with Crippen molar-refractivity contribution in [3.8, 4) is 0 Å². The average molecular weight is 385 g/mol. The van der Waals surface area contributed by atoms with Crippen molar-refractivity contribution in [1.29, 1.82) is 0 Å². The van der Waals surface area contributed by atoms with Crippen molar-refractivity contribution >= 4 is 10.8 Å². The van der Waals surface area contributed by atoms with Gasteiger partial charge in [0.2, 0.25) is 0 Å². The number of hydrogen-bond acceptors (Lipinski definition) is 0. The van der Waals surface area contributed by atoms with E-state index < -0.39 is 11.6 Å². The smallest absolute Gasteiger partial charge is 0.166 e. The van der Waals surface area contributed by atoms with Gasteiger partial charge in [0.25, 0.3) is 0 Å². The summed E-state index contributed by atoms with van der Waals surface area (Å²) in [5, 5.41) is 1.25. The Hall–Kier alpha value is -1.70. The van der Waals surface area contributed by atoms with E-state index in [9.17, 15) is 8.78 Å². The van der Waals surface area contributed by atoms with Crippen LogP contribution < -0.4 is 0 Å². The van der Waals surface area contributed by atoms with E-state index in [-0.39, 0.29) is 0 Å². The molecule has 0 nitrogen and oxygen atoms in total. The first-order chi connectivity index (χ1) is 13.6. The minimum absolute atomic E-state index is 0.440. The number of hydrogen-bond donors (Lipinski definition) is 0. The normalized spacial score (nSPS) is 20.3. The zero-order chi connectivity index (χ0) is 19.9. The fourth-order valence-electron chi connectivity index (χ4n) is 4.71. The van der Waals surface area contributed by atoms with Gasteiger partial charge in [-0.15, -0.1) is 0 Å². The van der Waals surface area contributed by atoms with Gasteiger partial charge >= 0.3 is 0 Å². The number of benzene rings is 2. The summed E-state index contributed by atoms with van der Waals surface area (Å²) >= 11 is 0. The summed E-state index contributed by atoms with van der Waals surface area (Å²) in [6.07, 6.45) is 15.4. The average Bonchev–Trinajstić information content (AvgIpc) is 2.72. The Kier molecular flexibility index (Phi) is 7.65. The molecular formula is C26H34F2. The van der Waals surface area contributed by atoms with Crippen molar-refractivity contribution in [2.45, 2.75) is 84.0 Å². The third-order valence-electron chi connectivity index (χ3n) is 6.47. The second-order valence-electron chi connectivity index (χ2n) is 8.47. The quantitative estimate of drug-likeness (QED) is 0.316. The van der Waals surface area contributed by atoms with E-state index in [1.165, 1.54) is 56.9 Å². The van der Waals surface area contributed by atoms with Crippen LogP contribution in [-0.4, -0.2) is 0 Å². The van der Waals surface area contributed by atoms with E-state index in [1.807, 2.05) is 37.3 Å². The lowest BCUT2D eigenvalue weighted by Crippen LogP contribution is -2.13. The molecular weight excluding hydrogens is 350 g/mol. The van der Waals surface area contributed by atoms with Gasteiger partial charge in [-0.25, -0.2) is 8.78 Å². The monoisotopic (exact) mass is 384 g/mol. The Morgan fingerprint density at radius 2 is 1.79 bits per heavy atom. The van der Waals surface area contributed by atoms with Crippen LogP contribution in [0, 0.1) is 17.6 Å². The van der Waals surface area contributed by atoms with Gasteiger partial charge in [0.15, 0.2) is 11.6 Å². The molecule has 0 N–H and O–H groups in total. The molecule has 0 atom stereocenters. The Balaban J connectivity index is 1.72. The minimum Gasteiger partial charge on any atom is -0.203 e. The van der Waals surface area contributed by atoms with Crippen molar-refractivity contribution in [3.63, 3.8) is 0 Å². The van der Waals surface area contributed by atoms with Crippen LogP contribution in [0.3, 0.4) is 0 Å². The van der Waals surface area contributed by atoms with Crippen LogP contribution in [0.2, 0.25) is 0 Å². The summed E-state index contributed by atoms with van der Waals surface area (Å²) in [4.78, 5) is 0. The van der Waals surface area contributed by atoms with Crippen LogP contribution in [0.1, 0.15) is 88.7 Å². The van der Waals surface area contributed by atoms with E-state index in [0.717, 1.165) is 17.7 Å². The third-order valence-corrected chi connectivity index (χ3v) is 6.47. The van der Waals surface area contributed by atoms with Crippen molar-refractivity contribution in [3.05, 3.63) is 59.2 Å². The van der Waals surface area contributed by atoms with Gasteiger partial charge in [0.05, 0.1) is 0 Å². The molecule has 2 aromatic carbocycles. The van der Waals surface area contributed by atoms with Gasteiger partial charge in [-0.2, -0.15) is 0 Å². The van der Waals surface area contributed by atoms with Crippen molar-refractivity contribution in [2.24, 2.45) is 5.92 Å². The number of unbranched alkanes of at least 4 members (excludes halogenated alkanes) is 2. The molecule has 0 spiro atoms. The molecule has 0 unspecified atom stereocenters. The van der Waals surface area contributed by atoms with Gasteiger partial charge in [-0.1, -0.05) is 56.9 Å². The first-order valence-corrected chi connectivity index (χ1v) is 11.2. The SMILES string of the molecule is C/C=C/CCc1cc2ccc(C3CCC(CCCCC)CC3)cc2c(F)c1F. The van der Waals surface area contributed by atoms with Crippen LogP contribution in [-0.2, 0) is 6.42 Å². The maximum absolute atomic E-state index is 14.8. The van der Waals surface area contributed by atoms with Gasteiger partial charge in [0, 0.05) is 5.39 Å². The molecule has 2 aromatic rings. The zero-order valence-corrected chi connectivity index (χ0v) is 17.4. The number of rotatable bonds is 8. The van der Waals surface area contributed by atoms with Gasteiger partial charge < -0.3 is 0 Å². The molecule has 1 fully saturated rings. The number of fused-ring (bicyclic) bond motifs is 1. The highest BCUT2D eigenvalue weighted by atomic mass is 19.2. The van der Waals surface area contributed by atoms with E-state index in [4.69, 9.17) is 0 Å². The highest BCUT2D eigenvalue weighted by molar-refractivity contribution is 5.85. The molecule has 0 saturated heterocycles.